The zero-order valence-electron chi connectivity index (χ0n) is 10.8. The molecule has 3 aromatic rings. The van der Waals surface area contributed by atoms with Crippen LogP contribution in [0.15, 0.2) is 54.6 Å². The first kappa shape index (κ1) is 11.6. The van der Waals surface area contributed by atoms with E-state index in [1.165, 1.54) is 22.2 Å². The molecule has 0 bridgehead atoms. The van der Waals surface area contributed by atoms with Crippen molar-refractivity contribution in [3.63, 3.8) is 0 Å². The lowest BCUT2D eigenvalue weighted by atomic mass is 10.1. The first-order valence-electron chi connectivity index (χ1n) is 6.30. The summed E-state index contributed by atoms with van der Waals surface area (Å²) in [6.45, 7) is 0. The van der Waals surface area contributed by atoms with Crippen LogP contribution in [0.4, 0.5) is 0 Å². The molecule has 0 atom stereocenters. The molecule has 0 saturated heterocycles. The van der Waals surface area contributed by atoms with Gasteiger partial charge in [-0.3, -0.25) is 0 Å². The van der Waals surface area contributed by atoms with E-state index in [1.807, 2.05) is 24.3 Å². The second kappa shape index (κ2) is 4.62. The van der Waals surface area contributed by atoms with Gasteiger partial charge in [0.05, 0.1) is 11.6 Å². The fraction of sp³-hybridized carbons (Fsp3) is 0.118. The van der Waals surface area contributed by atoms with Crippen molar-refractivity contribution in [1.29, 1.82) is 5.26 Å². The molecule has 19 heavy (non-hydrogen) atoms. The number of benzene rings is 2. The monoisotopic (exact) mass is 246 g/mol. The molecule has 2 aromatic carbocycles. The first-order valence-corrected chi connectivity index (χ1v) is 6.30. The number of para-hydroxylation sites is 1. The van der Waals surface area contributed by atoms with E-state index in [0.717, 1.165) is 6.42 Å². The quantitative estimate of drug-likeness (QED) is 0.678. The SMILES string of the molecule is Cn1c(Cc2ccc(C#N)cc2)cc2ccccc21. The molecule has 1 aromatic heterocycles. The van der Waals surface area contributed by atoms with Crippen LogP contribution < -0.4 is 0 Å². The molecule has 0 amide bonds. The predicted molar refractivity (Wildman–Crippen MR) is 76.9 cm³/mol. The van der Waals surface area contributed by atoms with Gasteiger partial charge in [0, 0.05) is 24.7 Å². The molecule has 0 radical (unpaired) electrons. The molecule has 0 unspecified atom stereocenters. The van der Waals surface area contributed by atoms with Crippen LogP contribution >= 0.6 is 0 Å². The predicted octanol–water partition coefficient (Wildman–Crippen LogP) is 3.64. The minimum Gasteiger partial charge on any atom is -0.347 e. The van der Waals surface area contributed by atoms with Gasteiger partial charge in [0.25, 0.3) is 0 Å². The Morgan fingerprint density at radius 1 is 1.05 bits per heavy atom. The van der Waals surface area contributed by atoms with Gasteiger partial charge in [-0.05, 0) is 35.2 Å². The smallest absolute Gasteiger partial charge is 0.0991 e. The van der Waals surface area contributed by atoms with Gasteiger partial charge in [-0.1, -0.05) is 30.3 Å². The molecule has 2 heteroatoms. The summed E-state index contributed by atoms with van der Waals surface area (Å²) in [5.41, 5.74) is 4.47. The van der Waals surface area contributed by atoms with Crippen molar-refractivity contribution in [2.75, 3.05) is 0 Å². The highest BCUT2D eigenvalue weighted by atomic mass is 14.9. The Morgan fingerprint density at radius 2 is 1.79 bits per heavy atom. The van der Waals surface area contributed by atoms with E-state index >= 15 is 0 Å². The lowest BCUT2D eigenvalue weighted by molar-refractivity contribution is 0.880. The number of hydrogen-bond donors (Lipinski definition) is 0. The normalized spacial score (nSPS) is 10.5. The van der Waals surface area contributed by atoms with Crippen molar-refractivity contribution >= 4 is 10.9 Å². The van der Waals surface area contributed by atoms with Gasteiger partial charge in [0.2, 0.25) is 0 Å². The van der Waals surface area contributed by atoms with E-state index in [0.29, 0.717) is 5.56 Å². The molecular weight excluding hydrogens is 232 g/mol. The second-order valence-electron chi connectivity index (χ2n) is 4.74. The molecule has 92 valence electrons. The molecule has 0 saturated carbocycles. The van der Waals surface area contributed by atoms with Crippen molar-refractivity contribution in [3.05, 3.63) is 71.4 Å². The summed E-state index contributed by atoms with van der Waals surface area (Å²) in [4.78, 5) is 0. The van der Waals surface area contributed by atoms with E-state index in [9.17, 15) is 0 Å². The Morgan fingerprint density at radius 3 is 2.47 bits per heavy atom. The Bertz CT molecular complexity index is 758. The van der Waals surface area contributed by atoms with E-state index in [2.05, 4.69) is 48.0 Å². The maximum atomic E-state index is 8.80. The molecule has 0 spiro atoms. The average molecular weight is 246 g/mol. The molecule has 0 N–H and O–H groups in total. The number of aryl methyl sites for hydroxylation is 1. The number of rotatable bonds is 2. The maximum absolute atomic E-state index is 8.80. The largest absolute Gasteiger partial charge is 0.347 e. The molecular formula is C17H14N2. The van der Waals surface area contributed by atoms with Crippen molar-refractivity contribution in [2.45, 2.75) is 6.42 Å². The molecule has 0 fully saturated rings. The van der Waals surface area contributed by atoms with Crippen LogP contribution in [0.2, 0.25) is 0 Å². The van der Waals surface area contributed by atoms with Crippen LogP contribution in [0, 0.1) is 11.3 Å². The summed E-state index contributed by atoms with van der Waals surface area (Å²) < 4.78 is 2.23. The Labute approximate surface area is 112 Å². The lowest BCUT2D eigenvalue weighted by Gasteiger charge is -2.04. The number of fused-ring (bicyclic) bond motifs is 1. The second-order valence-corrected chi connectivity index (χ2v) is 4.74. The summed E-state index contributed by atoms with van der Waals surface area (Å²) >= 11 is 0. The highest BCUT2D eigenvalue weighted by Gasteiger charge is 2.05. The van der Waals surface area contributed by atoms with Crippen molar-refractivity contribution in [2.24, 2.45) is 7.05 Å². The van der Waals surface area contributed by atoms with Crippen LogP contribution in [-0.4, -0.2) is 4.57 Å². The Hall–Kier alpha value is -2.53. The van der Waals surface area contributed by atoms with Crippen molar-refractivity contribution in [1.82, 2.24) is 4.57 Å². The Balaban J connectivity index is 1.96. The fourth-order valence-electron chi connectivity index (χ4n) is 2.42. The highest BCUT2D eigenvalue weighted by molar-refractivity contribution is 5.81. The third kappa shape index (κ3) is 2.11. The van der Waals surface area contributed by atoms with E-state index < -0.39 is 0 Å². The maximum Gasteiger partial charge on any atom is 0.0991 e. The lowest BCUT2D eigenvalue weighted by Crippen LogP contribution is -1.97. The molecule has 0 aliphatic rings. The molecule has 3 rings (SSSR count). The summed E-state index contributed by atoms with van der Waals surface area (Å²) in [5.74, 6) is 0. The topological polar surface area (TPSA) is 28.7 Å². The minimum absolute atomic E-state index is 0.709. The van der Waals surface area contributed by atoms with Crippen LogP contribution in [0.5, 0.6) is 0 Å². The van der Waals surface area contributed by atoms with Crippen LogP contribution in [0.1, 0.15) is 16.8 Å². The summed E-state index contributed by atoms with van der Waals surface area (Å²) in [7, 11) is 2.10. The number of hydrogen-bond acceptors (Lipinski definition) is 1. The van der Waals surface area contributed by atoms with E-state index in [-0.39, 0.29) is 0 Å². The van der Waals surface area contributed by atoms with Gasteiger partial charge in [-0.2, -0.15) is 5.26 Å². The average Bonchev–Trinajstić information content (AvgIpc) is 2.77. The van der Waals surface area contributed by atoms with E-state index in [4.69, 9.17) is 5.26 Å². The van der Waals surface area contributed by atoms with Crippen LogP contribution in [-0.2, 0) is 13.5 Å². The summed E-state index contributed by atoms with van der Waals surface area (Å²) in [6, 6.07) is 20.6. The first-order chi connectivity index (χ1) is 9.28. The molecule has 1 heterocycles. The van der Waals surface area contributed by atoms with Gasteiger partial charge < -0.3 is 4.57 Å². The minimum atomic E-state index is 0.709. The molecule has 0 aliphatic carbocycles. The van der Waals surface area contributed by atoms with Crippen molar-refractivity contribution in [3.8, 4) is 6.07 Å². The van der Waals surface area contributed by atoms with Gasteiger partial charge >= 0.3 is 0 Å². The standard InChI is InChI=1S/C17H14N2/c1-19-16(11-15-4-2-3-5-17(15)19)10-13-6-8-14(12-18)9-7-13/h2-9,11H,10H2,1H3. The Kier molecular flexibility index (Phi) is 2.81. The zero-order chi connectivity index (χ0) is 13.2. The number of nitriles is 1. The van der Waals surface area contributed by atoms with Gasteiger partial charge in [0.1, 0.15) is 0 Å². The third-order valence-electron chi connectivity index (χ3n) is 3.52. The van der Waals surface area contributed by atoms with Crippen LogP contribution in [0.25, 0.3) is 10.9 Å². The van der Waals surface area contributed by atoms with Gasteiger partial charge in [-0.25, -0.2) is 0 Å². The van der Waals surface area contributed by atoms with Gasteiger partial charge in [0.15, 0.2) is 0 Å². The number of aromatic nitrogens is 1. The summed E-state index contributed by atoms with van der Waals surface area (Å²) in [5, 5.41) is 10.1. The third-order valence-corrected chi connectivity index (χ3v) is 3.52. The van der Waals surface area contributed by atoms with Crippen LogP contribution in [0.3, 0.4) is 0 Å². The molecule has 2 nitrogen and oxygen atoms in total. The van der Waals surface area contributed by atoms with Crippen molar-refractivity contribution < 1.29 is 0 Å². The van der Waals surface area contributed by atoms with E-state index in [1.54, 1.807) is 0 Å². The zero-order valence-corrected chi connectivity index (χ0v) is 10.8. The highest BCUT2D eigenvalue weighted by Crippen LogP contribution is 2.20. The molecule has 0 aliphatic heterocycles. The summed E-state index contributed by atoms with van der Waals surface area (Å²) in [6.07, 6.45) is 0.886. The fourth-order valence-corrected chi connectivity index (χ4v) is 2.42. The van der Waals surface area contributed by atoms with Gasteiger partial charge in [-0.15, -0.1) is 0 Å². The number of nitrogens with zero attached hydrogens (tertiary/aromatic N) is 2.